The summed E-state index contributed by atoms with van der Waals surface area (Å²) in [5.41, 5.74) is 2.71. The van der Waals surface area contributed by atoms with Crippen LogP contribution in [0.25, 0.3) is 27.7 Å². The highest BCUT2D eigenvalue weighted by Gasteiger charge is 2.17. The average molecular weight is 410 g/mol. The molecule has 7 heteroatoms. The zero-order valence-electron chi connectivity index (χ0n) is 15.8. The van der Waals surface area contributed by atoms with Crippen molar-refractivity contribution >= 4 is 22.5 Å². The number of hydrogen-bond donors (Lipinski definition) is 3. The normalized spacial score (nSPS) is 12.4. The van der Waals surface area contributed by atoms with E-state index >= 15 is 0 Å². The van der Waals surface area contributed by atoms with Gasteiger partial charge in [-0.15, -0.1) is 0 Å². The van der Waals surface area contributed by atoms with E-state index < -0.39 is 5.56 Å². The van der Waals surface area contributed by atoms with Gasteiger partial charge in [0.25, 0.3) is 5.56 Å². The van der Waals surface area contributed by atoms with Gasteiger partial charge in [0, 0.05) is 35.9 Å². The van der Waals surface area contributed by atoms with E-state index in [0.29, 0.717) is 15.9 Å². The first-order valence-electron chi connectivity index (χ1n) is 9.33. The zero-order valence-corrected chi connectivity index (χ0v) is 16.5. The van der Waals surface area contributed by atoms with Crippen molar-refractivity contribution in [3.63, 3.8) is 0 Å². The molecule has 3 N–H and O–H groups in total. The molecule has 148 valence electrons. The van der Waals surface area contributed by atoms with E-state index in [1.54, 1.807) is 24.4 Å². The molecule has 0 aliphatic heterocycles. The highest BCUT2D eigenvalue weighted by atomic mass is 35.5. The summed E-state index contributed by atoms with van der Waals surface area (Å²) in [4.78, 5) is 15.2. The maximum Gasteiger partial charge on any atom is 0.278 e. The SMILES string of the molecule is CCC(CO)c1ccc(-c2cc3c(O)c(-n4cccn4)c(=O)[nH]c3cc2Cl)cc1. The lowest BCUT2D eigenvalue weighted by Gasteiger charge is -2.14. The predicted octanol–water partition coefficient (Wildman–Crippen LogP) is 4.23. The number of aromatic hydroxyl groups is 1. The number of aliphatic hydroxyl groups is 1. The van der Waals surface area contributed by atoms with E-state index in [4.69, 9.17) is 11.6 Å². The molecular formula is C22H20ClN3O3. The Morgan fingerprint density at radius 1 is 1.24 bits per heavy atom. The summed E-state index contributed by atoms with van der Waals surface area (Å²) in [7, 11) is 0. The van der Waals surface area contributed by atoms with Crippen LogP contribution >= 0.6 is 11.6 Å². The van der Waals surface area contributed by atoms with Gasteiger partial charge in [-0.1, -0.05) is 42.8 Å². The zero-order chi connectivity index (χ0) is 20.5. The van der Waals surface area contributed by atoms with Crippen LogP contribution in [-0.2, 0) is 0 Å². The molecule has 0 spiro atoms. The minimum atomic E-state index is -0.457. The molecule has 0 saturated carbocycles. The summed E-state index contributed by atoms with van der Waals surface area (Å²) in [6.07, 6.45) is 3.98. The van der Waals surface area contributed by atoms with Crippen LogP contribution in [0.15, 0.2) is 59.7 Å². The Bertz CT molecular complexity index is 1210. The van der Waals surface area contributed by atoms with Gasteiger partial charge < -0.3 is 15.2 Å². The number of pyridine rings is 1. The lowest BCUT2D eigenvalue weighted by atomic mass is 9.94. The molecule has 0 amide bonds. The maximum atomic E-state index is 12.4. The largest absolute Gasteiger partial charge is 0.505 e. The van der Waals surface area contributed by atoms with E-state index in [1.807, 2.05) is 31.2 Å². The average Bonchev–Trinajstić information content (AvgIpc) is 3.23. The second-order valence-electron chi connectivity index (χ2n) is 6.89. The number of rotatable bonds is 5. The molecular weight excluding hydrogens is 390 g/mol. The van der Waals surface area contributed by atoms with Gasteiger partial charge in [0.1, 0.15) is 0 Å². The van der Waals surface area contributed by atoms with Gasteiger partial charge in [-0.05, 0) is 35.7 Å². The van der Waals surface area contributed by atoms with Gasteiger partial charge in [0.15, 0.2) is 11.4 Å². The highest BCUT2D eigenvalue weighted by Crippen LogP contribution is 2.36. The van der Waals surface area contributed by atoms with Crippen LogP contribution in [0.5, 0.6) is 5.75 Å². The molecule has 0 radical (unpaired) electrons. The monoisotopic (exact) mass is 409 g/mol. The number of fused-ring (bicyclic) bond motifs is 1. The van der Waals surface area contributed by atoms with Gasteiger partial charge in [-0.3, -0.25) is 4.79 Å². The van der Waals surface area contributed by atoms with Crippen molar-refractivity contribution < 1.29 is 10.2 Å². The Balaban J connectivity index is 1.86. The minimum Gasteiger partial charge on any atom is -0.505 e. The number of halogens is 1. The molecule has 4 aromatic rings. The van der Waals surface area contributed by atoms with Crippen LogP contribution in [0.3, 0.4) is 0 Å². The fraction of sp³-hybridized carbons (Fsp3) is 0.182. The summed E-state index contributed by atoms with van der Waals surface area (Å²) in [5, 5.41) is 25.3. The first-order valence-corrected chi connectivity index (χ1v) is 9.71. The fourth-order valence-electron chi connectivity index (χ4n) is 3.53. The van der Waals surface area contributed by atoms with Crippen LogP contribution < -0.4 is 5.56 Å². The third-order valence-corrected chi connectivity index (χ3v) is 5.50. The van der Waals surface area contributed by atoms with Crippen LogP contribution in [-0.4, -0.2) is 31.6 Å². The van der Waals surface area contributed by atoms with Crippen molar-refractivity contribution in [3.8, 4) is 22.6 Å². The Hall–Kier alpha value is -3.09. The van der Waals surface area contributed by atoms with E-state index in [0.717, 1.165) is 23.1 Å². The molecule has 1 atom stereocenters. The maximum absolute atomic E-state index is 12.4. The Morgan fingerprint density at radius 3 is 2.62 bits per heavy atom. The minimum absolute atomic E-state index is 0.0554. The topological polar surface area (TPSA) is 91.1 Å². The summed E-state index contributed by atoms with van der Waals surface area (Å²) >= 11 is 6.48. The molecule has 29 heavy (non-hydrogen) atoms. The third-order valence-electron chi connectivity index (χ3n) is 5.19. The summed E-state index contributed by atoms with van der Waals surface area (Å²) in [5.74, 6) is -0.0600. The molecule has 6 nitrogen and oxygen atoms in total. The smallest absolute Gasteiger partial charge is 0.278 e. The molecule has 4 rings (SSSR count). The third kappa shape index (κ3) is 3.41. The van der Waals surface area contributed by atoms with E-state index in [9.17, 15) is 15.0 Å². The number of aliphatic hydroxyl groups excluding tert-OH is 1. The molecule has 0 aliphatic rings. The molecule has 0 fully saturated rings. The van der Waals surface area contributed by atoms with Crippen molar-refractivity contribution in [1.82, 2.24) is 14.8 Å². The molecule has 2 aromatic heterocycles. The van der Waals surface area contributed by atoms with Crippen LogP contribution in [0.2, 0.25) is 5.02 Å². The van der Waals surface area contributed by atoms with Crippen molar-refractivity contribution in [3.05, 3.63) is 75.8 Å². The Kier molecular flexibility index (Phi) is 5.13. The molecule has 1 unspecified atom stereocenters. The quantitative estimate of drug-likeness (QED) is 0.460. The lowest BCUT2D eigenvalue weighted by molar-refractivity contribution is 0.262. The Labute approximate surface area is 172 Å². The number of hydrogen-bond acceptors (Lipinski definition) is 4. The fourth-order valence-corrected chi connectivity index (χ4v) is 3.80. The summed E-state index contributed by atoms with van der Waals surface area (Å²) in [6, 6.07) is 12.9. The van der Waals surface area contributed by atoms with Gasteiger partial charge in [-0.2, -0.15) is 5.10 Å². The van der Waals surface area contributed by atoms with Gasteiger partial charge in [0.05, 0.1) is 10.5 Å². The number of H-pyrrole nitrogens is 1. The van der Waals surface area contributed by atoms with Crippen LogP contribution in [0.4, 0.5) is 0 Å². The molecule has 0 bridgehead atoms. The molecule has 0 aliphatic carbocycles. The number of nitrogens with zero attached hydrogens (tertiary/aromatic N) is 2. The van der Waals surface area contributed by atoms with E-state index in [2.05, 4.69) is 10.1 Å². The summed E-state index contributed by atoms with van der Waals surface area (Å²) < 4.78 is 1.33. The highest BCUT2D eigenvalue weighted by molar-refractivity contribution is 6.34. The summed E-state index contributed by atoms with van der Waals surface area (Å²) in [6.45, 7) is 2.14. The standard InChI is InChI=1S/C22H20ClN3O3/c1-2-13(12-27)14-4-6-15(7-5-14)16-10-17-19(11-18(16)23)25-22(29)20(21(17)28)26-9-3-8-24-26/h3-11,13,27H,2,12H2,1H3,(H2,25,28,29). The van der Waals surface area contributed by atoms with Gasteiger partial charge >= 0.3 is 0 Å². The lowest BCUT2D eigenvalue weighted by Crippen LogP contribution is -2.15. The number of benzene rings is 2. The van der Waals surface area contributed by atoms with Gasteiger partial charge in [-0.25, -0.2) is 4.68 Å². The second-order valence-corrected chi connectivity index (χ2v) is 7.30. The molecule has 2 aromatic carbocycles. The number of aromatic nitrogens is 3. The van der Waals surface area contributed by atoms with Crippen molar-refractivity contribution in [2.45, 2.75) is 19.3 Å². The first-order chi connectivity index (χ1) is 14.0. The van der Waals surface area contributed by atoms with Crippen molar-refractivity contribution in [2.75, 3.05) is 6.61 Å². The molecule has 0 saturated heterocycles. The van der Waals surface area contributed by atoms with E-state index in [-0.39, 0.29) is 24.0 Å². The van der Waals surface area contributed by atoms with Crippen molar-refractivity contribution in [1.29, 1.82) is 0 Å². The first kappa shape index (κ1) is 19.2. The number of nitrogens with one attached hydrogen (secondary N) is 1. The predicted molar refractivity (Wildman–Crippen MR) is 114 cm³/mol. The van der Waals surface area contributed by atoms with Crippen LogP contribution in [0.1, 0.15) is 24.8 Å². The number of aromatic amines is 1. The Morgan fingerprint density at radius 2 is 2.00 bits per heavy atom. The van der Waals surface area contributed by atoms with E-state index in [1.165, 1.54) is 10.9 Å². The van der Waals surface area contributed by atoms with Crippen molar-refractivity contribution in [2.24, 2.45) is 0 Å². The van der Waals surface area contributed by atoms with Crippen LogP contribution in [0, 0.1) is 0 Å². The second kappa shape index (κ2) is 7.73. The van der Waals surface area contributed by atoms with Gasteiger partial charge in [0.2, 0.25) is 0 Å². The molecule has 2 heterocycles.